The molecular formula is C21H29BrN2OSi. The molecule has 1 aromatic heterocycles. The van der Waals surface area contributed by atoms with Crippen LogP contribution in [0.15, 0.2) is 54.9 Å². The lowest BCUT2D eigenvalue weighted by molar-refractivity contribution is -0.663. The first-order chi connectivity index (χ1) is 12.0. The molecule has 5 heteroatoms. The van der Waals surface area contributed by atoms with Crippen LogP contribution in [0, 0.1) is 0 Å². The summed E-state index contributed by atoms with van der Waals surface area (Å²) in [6.07, 6.45) is 3.52. The molecule has 0 saturated carbocycles. The van der Waals surface area contributed by atoms with Crippen LogP contribution in [0.3, 0.4) is 0 Å². The van der Waals surface area contributed by atoms with E-state index in [4.69, 9.17) is 4.74 Å². The Hall–Kier alpha value is -1.59. The van der Waals surface area contributed by atoms with Crippen LogP contribution in [0.2, 0.25) is 25.7 Å². The number of aryl methyl sites for hydroxylation is 1. The maximum Gasteiger partial charge on any atom is 0.245 e. The zero-order valence-corrected chi connectivity index (χ0v) is 18.8. The van der Waals surface area contributed by atoms with E-state index < -0.39 is 8.07 Å². The molecule has 26 heavy (non-hydrogen) atoms. The number of rotatable bonds is 7. The van der Waals surface area contributed by atoms with E-state index in [-0.39, 0.29) is 17.0 Å². The number of halogens is 1. The van der Waals surface area contributed by atoms with Crippen LogP contribution in [0.5, 0.6) is 5.75 Å². The van der Waals surface area contributed by atoms with Crippen LogP contribution in [-0.4, -0.2) is 19.8 Å². The van der Waals surface area contributed by atoms with Gasteiger partial charge in [0.15, 0.2) is 11.0 Å². The lowest BCUT2D eigenvalue weighted by Gasteiger charge is -2.14. The van der Waals surface area contributed by atoms with Crippen molar-refractivity contribution in [2.24, 2.45) is 0 Å². The van der Waals surface area contributed by atoms with Gasteiger partial charge >= 0.3 is 0 Å². The molecule has 140 valence electrons. The van der Waals surface area contributed by atoms with Gasteiger partial charge in [0, 0.05) is 13.6 Å². The molecule has 2 aromatic carbocycles. The largest absolute Gasteiger partial charge is 1.00 e. The molecule has 0 bridgehead atoms. The van der Waals surface area contributed by atoms with Gasteiger partial charge in [-0.2, -0.15) is 0 Å². The van der Waals surface area contributed by atoms with Crippen LogP contribution in [0.1, 0.15) is 12.0 Å². The molecule has 0 radical (unpaired) electrons. The molecule has 0 unspecified atom stereocenters. The van der Waals surface area contributed by atoms with E-state index in [9.17, 15) is 0 Å². The molecule has 0 spiro atoms. The van der Waals surface area contributed by atoms with E-state index in [0.717, 1.165) is 18.8 Å². The van der Waals surface area contributed by atoms with E-state index in [0.29, 0.717) is 0 Å². The number of benzene rings is 2. The summed E-state index contributed by atoms with van der Waals surface area (Å²) in [7, 11) is 0.757. The molecule has 0 amide bonds. The van der Waals surface area contributed by atoms with Crippen molar-refractivity contribution in [3.05, 3.63) is 60.4 Å². The number of imidazole rings is 1. The Labute approximate surface area is 168 Å². The van der Waals surface area contributed by atoms with Gasteiger partial charge in [0.05, 0.1) is 13.7 Å². The number of para-hydroxylation sites is 3. The van der Waals surface area contributed by atoms with Crippen molar-refractivity contribution in [3.8, 4) is 5.75 Å². The first-order valence-electron chi connectivity index (χ1n) is 9.07. The molecule has 3 aromatic rings. The highest BCUT2D eigenvalue weighted by atomic mass is 79.9. The molecule has 0 aliphatic heterocycles. The van der Waals surface area contributed by atoms with Gasteiger partial charge in [-0.25, -0.2) is 9.13 Å². The zero-order chi connectivity index (χ0) is 17.9. The van der Waals surface area contributed by atoms with Crippen LogP contribution >= 0.6 is 0 Å². The number of nitrogens with zero attached hydrogens (tertiary/aromatic N) is 2. The zero-order valence-electron chi connectivity index (χ0n) is 16.2. The summed E-state index contributed by atoms with van der Waals surface area (Å²) in [5, 5.41) is 0. The van der Waals surface area contributed by atoms with Crippen molar-refractivity contribution >= 4 is 19.1 Å². The summed E-state index contributed by atoms with van der Waals surface area (Å²) in [6, 6.07) is 18.3. The number of fused-ring (bicyclic) bond motifs is 1. The van der Waals surface area contributed by atoms with Gasteiger partial charge in [-0.1, -0.05) is 56.0 Å². The van der Waals surface area contributed by atoms with Gasteiger partial charge in [-0.05, 0) is 24.6 Å². The van der Waals surface area contributed by atoms with Crippen molar-refractivity contribution in [1.29, 1.82) is 0 Å². The van der Waals surface area contributed by atoms with E-state index in [1.54, 1.807) is 7.11 Å². The third-order valence-electron chi connectivity index (χ3n) is 4.64. The van der Waals surface area contributed by atoms with Crippen LogP contribution in [-0.2, 0) is 13.1 Å². The lowest BCUT2D eigenvalue weighted by atomic mass is 10.2. The summed E-state index contributed by atoms with van der Waals surface area (Å²) < 4.78 is 10.3. The lowest BCUT2D eigenvalue weighted by Crippen LogP contribution is -3.00. The van der Waals surface area contributed by atoms with Crippen molar-refractivity contribution in [1.82, 2.24) is 4.57 Å². The molecule has 0 N–H and O–H groups in total. The SMILES string of the molecule is COc1ccccc1C[n+]1cn(CCC[Si](C)(C)C)c2ccccc21.[Br-]. The summed E-state index contributed by atoms with van der Waals surface area (Å²) in [6.45, 7) is 9.25. The summed E-state index contributed by atoms with van der Waals surface area (Å²) >= 11 is 0. The van der Waals surface area contributed by atoms with E-state index in [1.165, 1.54) is 29.1 Å². The first kappa shape index (κ1) is 20.7. The summed E-state index contributed by atoms with van der Waals surface area (Å²) in [4.78, 5) is 0. The number of aromatic nitrogens is 2. The van der Waals surface area contributed by atoms with Crippen molar-refractivity contribution in [3.63, 3.8) is 0 Å². The second-order valence-electron chi connectivity index (χ2n) is 7.90. The highest BCUT2D eigenvalue weighted by Gasteiger charge is 2.18. The third kappa shape index (κ3) is 4.98. The Balaban J connectivity index is 0.00000243. The number of methoxy groups -OCH3 is 1. The smallest absolute Gasteiger partial charge is 0.245 e. The van der Waals surface area contributed by atoms with Gasteiger partial charge < -0.3 is 21.7 Å². The molecule has 3 rings (SSSR count). The third-order valence-corrected chi connectivity index (χ3v) is 6.49. The summed E-state index contributed by atoms with van der Waals surface area (Å²) in [5.74, 6) is 0.950. The number of hydrogen-bond acceptors (Lipinski definition) is 1. The molecule has 0 aliphatic rings. The second kappa shape index (κ2) is 8.87. The quantitative estimate of drug-likeness (QED) is 0.410. The number of ether oxygens (including phenoxy) is 1. The average Bonchev–Trinajstić information content (AvgIpc) is 2.92. The van der Waals surface area contributed by atoms with Gasteiger partial charge in [0.25, 0.3) is 0 Å². The standard InChI is InChI=1S/C21H29N2OSi.BrH/c1-24-21-13-8-5-10-18(21)16-23-17-22(14-9-15-25(2,3)4)19-11-6-7-12-20(19)23;/h5-8,10-13,17H,9,14-16H2,1-4H3;1H/q+1;/p-1. The molecule has 3 nitrogen and oxygen atoms in total. The average molecular weight is 433 g/mol. The van der Waals surface area contributed by atoms with Crippen molar-refractivity contribution in [2.75, 3.05) is 7.11 Å². The van der Waals surface area contributed by atoms with E-state index >= 15 is 0 Å². The highest BCUT2D eigenvalue weighted by Crippen LogP contribution is 2.19. The predicted octanol–water partition coefficient (Wildman–Crippen LogP) is 1.72. The Morgan fingerprint density at radius 2 is 1.69 bits per heavy atom. The molecular weight excluding hydrogens is 404 g/mol. The normalized spacial score (nSPS) is 11.4. The topological polar surface area (TPSA) is 18.0 Å². The maximum atomic E-state index is 5.52. The Kier molecular flexibility index (Phi) is 7.06. The molecule has 1 heterocycles. The molecule has 0 atom stereocenters. The van der Waals surface area contributed by atoms with Gasteiger partial charge in [-0.3, -0.25) is 0 Å². The van der Waals surface area contributed by atoms with Crippen molar-refractivity contribution in [2.45, 2.75) is 45.2 Å². The first-order valence-corrected chi connectivity index (χ1v) is 12.8. The Morgan fingerprint density at radius 1 is 1.00 bits per heavy atom. The summed E-state index contributed by atoms with van der Waals surface area (Å²) in [5.41, 5.74) is 3.80. The monoisotopic (exact) mass is 432 g/mol. The van der Waals surface area contributed by atoms with Gasteiger partial charge in [-0.15, -0.1) is 0 Å². The predicted molar refractivity (Wildman–Crippen MR) is 107 cm³/mol. The second-order valence-corrected chi connectivity index (χ2v) is 13.5. The molecule has 0 saturated heterocycles. The molecule has 0 aliphatic carbocycles. The molecule has 0 fully saturated rings. The highest BCUT2D eigenvalue weighted by molar-refractivity contribution is 6.76. The van der Waals surface area contributed by atoms with Gasteiger partial charge in [0.1, 0.15) is 12.3 Å². The Bertz CT molecular complexity index is 855. The fraction of sp³-hybridized carbons (Fsp3) is 0.381. The minimum atomic E-state index is -0.982. The minimum absolute atomic E-state index is 0. The fourth-order valence-corrected chi connectivity index (χ4v) is 4.56. The van der Waals surface area contributed by atoms with Crippen LogP contribution in [0.4, 0.5) is 0 Å². The number of hydrogen-bond donors (Lipinski definition) is 0. The minimum Gasteiger partial charge on any atom is -1.00 e. The van der Waals surface area contributed by atoms with E-state index in [2.05, 4.69) is 71.5 Å². The van der Waals surface area contributed by atoms with Gasteiger partial charge in [0.2, 0.25) is 6.33 Å². The fourth-order valence-electron chi connectivity index (χ4n) is 3.34. The van der Waals surface area contributed by atoms with E-state index in [1.807, 2.05) is 12.1 Å². The Morgan fingerprint density at radius 3 is 2.42 bits per heavy atom. The van der Waals surface area contributed by atoms with Crippen molar-refractivity contribution < 1.29 is 26.3 Å². The maximum absolute atomic E-state index is 5.52. The van der Waals surface area contributed by atoms with Crippen LogP contribution in [0.25, 0.3) is 11.0 Å². The van der Waals surface area contributed by atoms with Crippen LogP contribution < -0.4 is 26.3 Å².